The fourth-order valence-electron chi connectivity index (χ4n) is 2.46. The van der Waals surface area contributed by atoms with Crippen LogP contribution in [0.25, 0.3) is 10.9 Å². The summed E-state index contributed by atoms with van der Waals surface area (Å²) in [4.78, 5) is 0. The molecule has 0 unspecified atom stereocenters. The number of rotatable bonds is 0. The molecule has 15 heavy (non-hydrogen) atoms. The van der Waals surface area contributed by atoms with Gasteiger partial charge in [0, 0.05) is 30.7 Å². The molecular weight excluding hydrogens is 191 g/mol. The Morgan fingerprint density at radius 3 is 3.13 bits per heavy atom. The fourth-order valence-corrected chi connectivity index (χ4v) is 2.46. The van der Waals surface area contributed by atoms with E-state index in [2.05, 4.69) is 16.8 Å². The number of fused-ring (bicyclic) bond motifs is 3. The Morgan fingerprint density at radius 2 is 2.27 bits per heavy atom. The van der Waals surface area contributed by atoms with Crippen LogP contribution in [0.4, 0.5) is 4.39 Å². The molecule has 1 aromatic heterocycles. The lowest BCUT2D eigenvalue weighted by Crippen LogP contribution is -2.28. The van der Waals surface area contributed by atoms with Gasteiger partial charge in [-0.05, 0) is 18.6 Å². The van der Waals surface area contributed by atoms with Crippen LogP contribution in [0.15, 0.2) is 18.2 Å². The molecule has 0 aliphatic carbocycles. The molecule has 0 saturated carbocycles. The van der Waals surface area contributed by atoms with Gasteiger partial charge in [0.05, 0.1) is 5.52 Å². The first-order chi connectivity index (χ1) is 7.29. The van der Waals surface area contributed by atoms with E-state index >= 15 is 0 Å². The van der Waals surface area contributed by atoms with Crippen LogP contribution in [0.3, 0.4) is 0 Å². The van der Waals surface area contributed by atoms with E-state index in [1.807, 2.05) is 6.07 Å². The van der Waals surface area contributed by atoms with Gasteiger partial charge < -0.3 is 9.88 Å². The summed E-state index contributed by atoms with van der Waals surface area (Å²) in [6.07, 6.45) is 0. The average Bonchev–Trinajstić information content (AvgIpc) is 2.55. The molecule has 0 amide bonds. The van der Waals surface area contributed by atoms with Crippen LogP contribution in [0.1, 0.15) is 11.3 Å². The monoisotopic (exact) mass is 204 g/mol. The lowest BCUT2D eigenvalue weighted by Gasteiger charge is -2.18. The molecule has 1 aromatic carbocycles. The zero-order valence-corrected chi connectivity index (χ0v) is 8.68. The number of halogens is 1. The van der Waals surface area contributed by atoms with Crippen LogP contribution >= 0.6 is 0 Å². The van der Waals surface area contributed by atoms with Gasteiger partial charge in [0.1, 0.15) is 5.82 Å². The molecule has 2 aromatic rings. The maximum Gasteiger partial charge on any atom is 0.147 e. The summed E-state index contributed by atoms with van der Waals surface area (Å²) in [5, 5.41) is 4.37. The number of aryl methyl sites for hydroxylation is 1. The van der Waals surface area contributed by atoms with Crippen molar-refractivity contribution in [2.45, 2.75) is 20.0 Å². The molecule has 1 aliphatic rings. The lowest BCUT2D eigenvalue weighted by molar-refractivity contribution is 0.517. The number of nitrogens with one attached hydrogen (secondary N) is 1. The van der Waals surface area contributed by atoms with Gasteiger partial charge in [-0.3, -0.25) is 0 Å². The largest absolute Gasteiger partial charge is 0.339 e. The lowest BCUT2D eigenvalue weighted by atomic mass is 10.1. The molecule has 1 aliphatic heterocycles. The first-order valence-corrected chi connectivity index (χ1v) is 5.26. The molecule has 3 heteroatoms. The minimum absolute atomic E-state index is 0.108. The van der Waals surface area contributed by atoms with Gasteiger partial charge in [0.15, 0.2) is 0 Å². The van der Waals surface area contributed by atoms with Crippen molar-refractivity contribution in [2.75, 3.05) is 6.54 Å². The zero-order valence-electron chi connectivity index (χ0n) is 8.68. The summed E-state index contributed by atoms with van der Waals surface area (Å²) in [5.41, 5.74) is 3.20. The van der Waals surface area contributed by atoms with Crippen LogP contribution in [-0.2, 0) is 13.1 Å². The standard InChI is InChI=1S/C12H13FN2/c1-8-9-3-2-4-10(13)12(9)15-6-5-14-7-11(8)15/h2-4,14H,5-7H2,1H3. The summed E-state index contributed by atoms with van der Waals surface area (Å²) in [6.45, 7) is 4.70. The summed E-state index contributed by atoms with van der Waals surface area (Å²) in [6, 6.07) is 5.32. The van der Waals surface area contributed by atoms with Crippen LogP contribution in [0.5, 0.6) is 0 Å². The predicted molar refractivity (Wildman–Crippen MR) is 58.3 cm³/mol. The molecule has 0 radical (unpaired) electrons. The summed E-state index contributed by atoms with van der Waals surface area (Å²) in [5.74, 6) is -0.108. The molecular formula is C12H13FN2. The van der Waals surface area contributed by atoms with E-state index in [0.717, 1.165) is 30.5 Å². The fraction of sp³-hybridized carbons (Fsp3) is 0.333. The van der Waals surface area contributed by atoms with Gasteiger partial charge in [0.25, 0.3) is 0 Å². The number of hydrogen-bond donors (Lipinski definition) is 1. The normalized spacial score (nSPS) is 15.6. The Balaban J connectivity index is 2.44. The van der Waals surface area contributed by atoms with E-state index < -0.39 is 0 Å². The van der Waals surface area contributed by atoms with Crippen LogP contribution in [-0.4, -0.2) is 11.1 Å². The minimum Gasteiger partial charge on any atom is -0.339 e. The zero-order chi connectivity index (χ0) is 10.4. The Kier molecular flexibility index (Phi) is 1.83. The molecule has 0 fully saturated rings. The van der Waals surface area contributed by atoms with Crippen LogP contribution in [0, 0.1) is 12.7 Å². The molecule has 2 heterocycles. The van der Waals surface area contributed by atoms with Crippen molar-refractivity contribution >= 4 is 10.9 Å². The number of para-hydroxylation sites is 1. The average molecular weight is 204 g/mol. The maximum absolute atomic E-state index is 13.7. The molecule has 3 rings (SSSR count). The van der Waals surface area contributed by atoms with Crippen molar-refractivity contribution in [2.24, 2.45) is 0 Å². The summed E-state index contributed by atoms with van der Waals surface area (Å²) >= 11 is 0. The number of hydrogen-bond acceptors (Lipinski definition) is 1. The second-order valence-electron chi connectivity index (χ2n) is 4.04. The van der Waals surface area contributed by atoms with Crippen molar-refractivity contribution in [1.82, 2.24) is 9.88 Å². The number of aromatic nitrogens is 1. The SMILES string of the molecule is Cc1c2n(c3c(F)cccc13)CCNC2. The van der Waals surface area contributed by atoms with Crippen molar-refractivity contribution in [3.63, 3.8) is 0 Å². The Bertz CT molecular complexity index is 528. The second-order valence-corrected chi connectivity index (χ2v) is 4.04. The topological polar surface area (TPSA) is 17.0 Å². The van der Waals surface area contributed by atoms with Gasteiger partial charge in [0.2, 0.25) is 0 Å². The highest BCUT2D eigenvalue weighted by Crippen LogP contribution is 2.28. The second kappa shape index (κ2) is 3.07. The molecule has 0 atom stereocenters. The third kappa shape index (κ3) is 1.13. The molecule has 1 N–H and O–H groups in total. The molecule has 0 spiro atoms. The highest BCUT2D eigenvalue weighted by Gasteiger charge is 2.18. The molecule has 0 bridgehead atoms. The third-order valence-electron chi connectivity index (χ3n) is 3.22. The highest BCUT2D eigenvalue weighted by molar-refractivity contribution is 5.86. The van der Waals surface area contributed by atoms with Crippen molar-refractivity contribution in [3.05, 3.63) is 35.3 Å². The van der Waals surface area contributed by atoms with E-state index in [4.69, 9.17) is 0 Å². The van der Waals surface area contributed by atoms with Crippen LogP contribution in [0.2, 0.25) is 0 Å². The van der Waals surface area contributed by atoms with Gasteiger partial charge in [-0.1, -0.05) is 12.1 Å². The Hall–Kier alpha value is -1.35. The van der Waals surface area contributed by atoms with E-state index in [0.29, 0.717) is 0 Å². The first-order valence-electron chi connectivity index (χ1n) is 5.26. The summed E-state index contributed by atoms with van der Waals surface area (Å²) < 4.78 is 15.9. The molecule has 2 nitrogen and oxygen atoms in total. The van der Waals surface area contributed by atoms with Gasteiger partial charge in [-0.25, -0.2) is 4.39 Å². The number of nitrogens with zero attached hydrogens (tertiary/aromatic N) is 1. The van der Waals surface area contributed by atoms with Crippen molar-refractivity contribution < 1.29 is 4.39 Å². The van der Waals surface area contributed by atoms with Gasteiger partial charge in [-0.2, -0.15) is 0 Å². The predicted octanol–water partition coefficient (Wildman–Crippen LogP) is 2.19. The smallest absolute Gasteiger partial charge is 0.147 e. The maximum atomic E-state index is 13.7. The molecule has 78 valence electrons. The first kappa shape index (κ1) is 8.92. The van der Waals surface area contributed by atoms with Crippen LogP contribution < -0.4 is 5.32 Å². The minimum atomic E-state index is -0.108. The highest BCUT2D eigenvalue weighted by atomic mass is 19.1. The van der Waals surface area contributed by atoms with Gasteiger partial charge >= 0.3 is 0 Å². The number of benzene rings is 1. The van der Waals surface area contributed by atoms with Crippen molar-refractivity contribution in [1.29, 1.82) is 0 Å². The molecule has 0 saturated heterocycles. The van der Waals surface area contributed by atoms with Crippen molar-refractivity contribution in [3.8, 4) is 0 Å². The third-order valence-corrected chi connectivity index (χ3v) is 3.22. The van der Waals surface area contributed by atoms with E-state index in [9.17, 15) is 4.39 Å². The quantitative estimate of drug-likeness (QED) is 0.696. The Morgan fingerprint density at radius 1 is 1.40 bits per heavy atom. The Labute approximate surface area is 87.7 Å². The summed E-state index contributed by atoms with van der Waals surface area (Å²) in [7, 11) is 0. The van der Waals surface area contributed by atoms with E-state index in [-0.39, 0.29) is 5.82 Å². The van der Waals surface area contributed by atoms with Gasteiger partial charge in [-0.15, -0.1) is 0 Å². The van der Waals surface area contributed by atoms with E-state index in [1.54, 1.807) is 6.07 Å². The van der Waals surface area contributed by atoms with E-state index in [1.165, 1.54) is 17.3 Å².